The quantitative estimate of drug-likeness (QED) is 0.406. The van der Waals surface area contributed by atoms with Crippen LogP contribution in [0.3, 0.4) is 0 Å². The van der Waals surface area contributed by atoms with Gasteiger partial charge in [0.15, 0.2) is 6.61 Å². The average molecular weight is 454 g/mol. The third-order valence-corrected chi connectivity index (χ3v) is 5.61. The lowest BCUT2D eigenvalue weighted by molar-refractivity contribution is -0.118. The molecule has 0 saturated carbocycles. The molecule has 0 fully saturated rings. The number of carbonyl (C=O) groups is 2. The molecule has 0 spiro atoms. The van der Waals surface area contributed by atoms with Crippen molar-refractivity contribution in [2.45, 2.75) is 27.2 Å². The number of anilines is 1. The molecule has 0 aliphatic heterocycles. The number of aryl methyl sites for hydroxylation is 1. The number of ether oxygens (including phenoxy) is 3. The molecular formula is C25H27NO5S. The van der Waals surface area contributed by atoms with Crippen molar-refractivity contribution in [2.24, 2.45) is 0 Å². The number of amides is 1. The van der Waals surface area contributed by atoms with Crippen molar-refractivity contribution in [3.8, 4) is 22.6 Å². The van der Waals surface area contributed by atoms with E-state index < -0.39 is 5.97 Å². The predicted octanol–water partition coefficient (Wildman–Crippen LogP) is 5.57. The summed E-state index contributed by atoms with van der Waals surface area (Å²) in [5.41, 5.74) is 2.90. The zero-order valence-corrected chi connectivity index (χ0v) is 19.3. The maximum Gasteiger partial charge on any atom is 0.341 e. The minimum absolute atomic E-state index is 0.157. The summed E-state index contributed by atoms with van der Waals surface area (Å²) in [6.45, 7) is 6.36. The van der Waals surface area contributed by atoms with Gasteiger partial charge in [0.1, 0.15) is 22.1 Å². The Balaban J connectivity index is 1.79. The first kappa shape index (κ1) is 23.3. The van der Waals surface area contributed by atoms with E-state index in [1.807, 2.05) is 67.8 Å². The minimum atomic E-state index is -0.481. The normalized spacial score (nSPS) is 10.5. The lowest BCUT2D eigenvalue weighted by Gasteiger charge is -2.11. The van der Waals surface area contributed by atoms with E-state index in [0.29, 0.717) is 28.5 Å². The lowest BCUT2D eigenvalue weighted by atomic mass is 10.0. The highest BCUT2D eigenvalue weighted by Gasteiger charge is 2.23. The molecule has 0 unspecified atom stereocenters. The zero-order valence-electron chi connectivity index (χ0n) is 18.5. The zero-order chi connectivity index (χ0) is 22.9. The van der Waals surface area contributed by atoms with Crippen LogP contribution in [-0.2, 0) is 16.0 Å². The Morgan fingerprint density at radius 2 is 1.69 bits per heavy atom. The second-order valence-electron chi connectivity index (χ2n) is 6.83. The van der Waals surface area contributed by atoms with Crippen molar-refractivity contribution < 1.29 is 23.8 Å². The van der Waals surface area contributed by atoms with E-state index in [1.165, 1.54) is 11.3 Å². The molecule has 168 valence electrons. The Hall–Kier alpha value is -3.32. The summed E-state index contributed by atoms with van der Waals surface area (Å²) >= 11 is 1.28. The molecule has 0 saturated heterocycles. The fourth-order valence-electron chi connectivity index (χ4n) is 3.21. The van der Waals surface area contributed by atoms with Gasteiger partial charge in [-0.05, 0) is 49.6 Å². The number of nitrogens with one attached hydrogen (secondary N) is 1. The molecule has 6 nitrogen and oxygen atoms in total. The van der Waals surface area contributed by atoms with Gasteiger partial charge in [-0.1, -0.05) is 37.3 Å². The Bertz CT molecular complexity index is 1060. The highest BCUT2D eigenvalue weighted by molar-refractivity contribution is 7.15. The van der Waals surface area contributed by atoms with Crippen LogP contribution in [0.1, 0.15) is 36.7 Å². The van der Waals surface area contributed by atoms with E-state index in [2.05, 4.69) is 5.32 Å². The molecule has 7 heteroatoms. The van der Waals surface area contributed by atoms with Crippen LogP contribution >= 0.6 is 11.3 Å². The monoisotopic (exact) mass is 453 g/mol. The molecular weight excluding hydrogens is 426 g/mol. The van der Waals surface area contributed by atoms with Crippen LogP contribution in [0.25, 0.3) is 11.1 Å². The molecule has 1 amide bonds. The molecule has 3 aromatic rings. The molecule has 1 heterocycles. The van der Waals surface area contributed by atoms with Gasteiger partial charge < -0.3 is 19.5 Å². The largest absolute Gasteiger partial charge is 0.494 e. The first-order valence-electron chi connectivity index (χ1n) is 10.6. The summed E-state index contributed by atoms with van der Waals surface area (Å²) in [6, 6.07) is 15.1. The van der Waals surface area contributed by atoms with Crippen molar-refractivity contribution in [1.29, 1.82) is 0 Å². The van der Waals surface area contributed by atoms with Crippen LogP contribution in [0.4, 0.5) is 5.00 Å². The van der Waals surface area contributed by atoms with Crippen molar-refractivity contribution in [3.63, 3.8) is 0 Å². The summed E-state index contributed by atoms with van der Waals surface area (Å²) in [6.07, 6.45) is 0.807. The van der Waals surface area contributed by atoms with Crippen molar-refractivity contribution in [1.82, 2.24) is 0 Å². The van der Waals surface area contributed by atoms with E-state index in [-0.39, 0.29) is 19.1 Å². The number of esters is 1. The van der Waals surface area contributed by atoms with Gasteiger partial charge in [-0.25, -0.2) is 4.79 Å². The third kappa shape index (κ3) is 5.68. The lowest BCUT2D eigenvalue weighted by Crippen LogP contribution is -2.21. The van der Waals surface area contributed by atoms with E-state index in [0.717, 1.165) is 23.3 Å². The molecule has 1 N–H and O–H groups in total. The van der Waals surface area contributed by atoms with Crippen LogP contribution in [0.2, 0.25) is 0 Å². The Kier molecular flexibility index (Phi) is 8.27. The van der Waals surface area contributed by atoms with Gasteiger partial charge in [0.2, 0.25) is 0 Å². The van der Waals surface area contributed by atoms with E-state index in [9.17, 15) is 9.59 Å². The van der Waals surface area contributed by atoms with Crippen LogP contribution < -0.4 is 14.8 Å². The fraction of sp³-hybridized carbons (Fsp3) is 0.280. The number of para-hydroxylation sites is 1. The second-order valence-corrected chi connectivity index (χ2v) is 7.71. The van der Waals surface area contributed by atoms with Crippen molar-refractivity contribution in [2.75, 3.05) is 25.1 Å². The molecule has 3 rings (SSSR count). The highest BCUT2D eigenvalue weighted by atomic mass is 32.1. The molecule has 0 bridgehead atoms. The summed E-state index contributed by atoms with van der Waals surface area (Å²) in [5, 5.41) is 5.08. The van der Waals surface area contributed by atoms with Crippen LogP contribution in [0, 0.1) is 0 Å². The Morgan fingerprint density at radius 3 is 2.38 bits per heavy atom. The predicted molar refractivity (Wildman–Crippen MR) is 127 cm³/mol. The molecule has 0 atom stereocenters. The van der Waals surface area contributed by atoms with Gasteiger partial charge in [-0.2, -0.15) is 0 Å². The van der Waals surface area contributed by atoms with Gasteiger partial charge in [0.05, 0.1) is 13.2 Å². The fourth-order valence-corrected chi connectivity index (χ4v) is 4.18. The molecule has 0 radical (unpaired) electrons. The molecule has 0 aliphatic carbocycles. The van der Waals surface area contributed by atoms with E-state index in [4.69, 9.17) is 14.2 Å². The Morgan fingerprint density at radius 1 is 0.938 bits per heavy atom. The maximum absolute atomic E-state index is 12.7. The van der Waals surface area contributed by atoms with Gasteiger partial charge in [0.25, 0.3) is 5.91 Å². The number of hydrogen-bond acceptors (Lipinski definition) is 6. The van der Waals surface area contributed by atoms with Crippen LogP contribution in [0.5, 0.6) is 11.5 Å². The van der Waals surface area contributed by atoms with Crippen molar-refractivity contribution >= 4 is 28.2 Å². The first-order valence-corrected chi connectivity index (χ1v) is 11.5. The number of hydrogen-bond donors (Lipinski definition) is 1. The smallest absolute Gasteiger partial charge is 0.341 e. The number of carbonyl (C=O) groups excluding carboxylic acids is 2. The van der Waals surface area contributed by atoms with Crippen LogP contribution in [-0.4, -0.2) is 31.7 Å². The summed E-state index contributed by atoms with van der Waals surface area (Å²) in [5.74, 6) is 0.603. The summed E-state index contributed by atoms with van der Waals surface area (Å²) in [7, 11) is 0. The van der Waals surface area contributed by atoms with Gasteiger partial charge in [0, 0.05) is 10.9 Å². The number of benzene rings is 2. The van der Waals surface area contributed by atoms with Crippen molar-refractivity contribution in [3.05, 3.63) is 65.0 Å². The number of thiophene rings is 1. The van der Waals surface area contributed by atoms with Gasteiger partial charge in [-0.3, -0.25) is 4.79 Å². The molecule has 2 aromatic carbocycles. The average Bonchev–Trinajstić information content (AvgIpc) is 3.22. The van der Waals surface area contributed by atoms with Gasteiger partial charge in [-0.15, -0.1) is 11.3 Å². The topological polar surface area (TPSA) is 73.9 Å². The maximum atomic E-state index is 12.7. The highest BCUT2D eigenvalue weighted by Crippen LogP contribution is 2.37. The van der Waals surface area contributed by atoms with E-state index in [1.54, 1.807) is 6.92 Å². The Labute approximate surface area is 192 Å². The second kappa shape index (κ2) is 11.3. The standard InChI is InChI=1S/C25H27NO5S/c1-4-17-9-7-8-10-21(17)31-15-22(27)26-24-23(25(28)30-6-3)20(16-32-24)18-11-13-19(14-12-18)29-5-2/h7-14,16H,4-6,15H2,1-3H3,(H,26,27). The third-order valence-electron chi connectivity index (χ3n) is 4.71. The first-order chi connectivity index (χ1) is 15.6. The number of rotatable bonds is 10. The molecule has 0 aliphatic rings. The molecule has 1 aromatic heterocycles. The summed E-state index contributed by atoms with van der Waals surface area (Å²) < 4.78 is 16.4. The van der Waals surface area contributed by atoms with Gasteiger partial charge >= 0.3 is 5.97 Å². The van der Waals surface area contributed by atoms with Crippen LogP contribution in [0.15, 0.2) is 53.9 Å². The molecule has 32 heavy (non-hydrogen) atoms. The minimum Gasteiger partial charge on any atom is -0.494 e. The summed E-state index contributed by atoms with van der Waals surface area (Å²) in [4.78, 5) is 25.3. The van der Waals surface area contributed by atoms with E-state index >= 15 is 0 Å². The SMILES string of the molecule is CCOC(=O)c1c(-c2ccc(OCC)cc2)csc1NC(=O)COc1ccccc1CC.